The van der Waals surface area contributed by atoms with E-state index < -0.39 is 5.97 Å². The van der Waals surface area contributed by atoms with Crippen LogP contribution in [0.1, 0.15) is 16.1 Å². The molecule has 0 aliphatic carbocycles. The van der Waals surface area contributed by atoms with Crippen LogP contribution in [0.4, 0.5) is 5.69 Å². The van der Waals surface area contributed by atoms with Crippen LogP contribution in [-0.4, -0.2) is 29.7 Å². The molecule has 4 rings (SSSR count). The van der Waals surface area contributed by atoms with E-state index in [1.54, 1.807) is 19.2 Å². The number of carbonyl (C=O) groups is 2. The average Bonchev–Trinajstić information content (AvgIpc) is 3.20. The number of hydrogen-bond acceptors (Lipinski definition) is 7. The predicted octanol–water partition coefficient (Wildman–Crippen LogP) is 4.22. The minimum atomic E-state index is -0.455. The van der Waals surface area contributed by atoms with Gasteiger partial charge in [0.1, 0.15) is 17.4 Å². The van der Waals surface area contributed by atoms with Crippen LogP contribution < -0.4 is 10.1 Å². The number of carbonyl (C=O) groups excluding carboxylic acids is 2. The van der Waals surface area contributed by atoms with Crippen LogP contribution >= 0.6 is 23.1 Å². The van der Waals surface area contributed by atoms with Crippen LogP contribution in [0.25, 0.3) is 10.6 Å². The molecule has 6 nitrogen and oxygen atoms in total. The molecule has 0 radical (unpaired) electrons. The molecular formula is C20H16N2O4S2. The molecule has 3 aromatic rings. The minimum Gasteiger partial charge on any atom is -0.497 e. The van der Waals surface area contributed by atoms with Crippen LogP contribution in [0.5, 0.6) is 5.75 Å². The summed E-state index contributed by atoms with van der Waals surface area (Å²) in [4.78, 5) is 29.3. The highest BCUT2D eigenvalue weighted by molar-refractivity contribution is 8.00. The highest BCUT2D eigenvalue weighted by Crippen LogP contribution is 2.32. The van der Waals surface area contributed by atoms with Crippen LogP contribution in [0, 0.1) is 0 Å². The summed E-state index contributed by atoms with van der Waals surface area (Å²) in [7, 11) is 1.62. The summed E-state index contributed by atoms with van der Waals surface area (Å²) in [5, 5.41) is 5.47. The normalized spacial score (nSPS) is 12.8. The highest BCUT2D eigenvalue weighted by Gasteiger charge is 2.18. The summed E-state index contributed by atoms with van der Waals surface area (Å²) in [6.45, 7) is 0.0808. The number of nitrogens with one attached hydrogen (secondary N) is 1. The van der Waals surface area contributed by atoms with Crippen molar-refractivity contribution in [3.05, 3.63) is 59.1 Å². The van der Waals surface area contributed by atoms with E-state index in [1.165, 1.54) is 23.1 Å². The maximum atomic E-state index is 12.4. The molecular weight excluding hydrogens is 396 g/mol. The summed E-state index contributed by atoms with van der Waals surface area (Å²) in [6, 6.07) is 12.8. The molecule has 1 aliphatic rings. The monoisotopic (exact) mass is 412 g/mol. The van der Waals surface area contributed by atoms with Crippen molar-refractivity contribution in [3.63, 3.8) is 0 Å². The fourth-order valence-electron chi connectivity index (χ4n) is 2.69. The van der Waals surface area contributed by atoms with Crippen molar-refractivity contribution >= 4 is 40.7 Å². The fourth-order valence-corrected chi connectivity index (χ4v) is 4.28. The van der Waals surface area contributed by atoms with Crippen LogP contribution in [0.15, 0.2) is 52.7 Å². The minimum absolute atomic E-state index is 0.0736. The number of benzene rings is 2. The summed E-state index contributed by atoms with van der Waals surface area (Å²) in [5.74, 6) is 0.619. The topological polar surface area (TPSA) is 77.5 Å². The maximum Gasteiger partial charge on any atom is 0.338 e. The first-order chi connectivity index (χ1) is 13.6. The lowest BCUT2D eigenvalue weighted by atomic mass is 10.2. The number of ether oxygens (including phenoxy) is 2. The van der Waals surface area contributed by atoms with Gasteiger partial charge in [0.2, 0.25) is 5.91 Å². The zero-order chi connectivity index (χ0) is 19.5. The first kappa shape index (κ1) is 18.5. The van der Waals surface area contributed by atoms with Crippen molar-refractivity contribution < 1.29 is 19.1 Å². The Hall–Kier alpha value is -2.84. The van der Waals surface area contributed by atoms with E-state index in [0.717, 1.165) is 21.2 Å². The van der Waals surface area contributed by atoms with Gasteiger partial charge in [-0.1, -0.05) is 12.1 Å². The second kappa shape index (κ2) is 8.04. The lowest BCUT2D eigenvalue weighted by Gasteiger charge is -2.16. The fraction of sp³-hybridized carbons (Fsp3) is 0.150. The standard InChI is InChI=1S/C20H16N2O4S2/c1-25-15-4-2-3-12(7-15)19-21-14(10-28-19)9-26-20(24)13-5-6-17-16(8-13)22-18(23)11-27-17/h2-8,10H,9,11H2,1H3,(H,22,23). The molecule has 0 saturated carbocycles. The second-order valence-electron chi connectivity index (χ2n) is 6.00. The van der Waals surface area contributed by atoms with Gasteiger partial charge >= 0.3 is 5.97 Å². The van der Waals surface area contributed by atoms with Gasteiger partial charge in [-0.2, -0.15) is 0 Å². The van der Waals surface area contributed by atoms with E-state index in [2.05, 4.69) is 10.3 Å². The number of methoxy groups -OCH3 is 1. The second-order valence-corrected chi connectivity index (χ2v) is 7.88. The zero-order valence-electron chi connectivity index (χ0n) is 14.9. The van der Waals surface area contributed by atoms with Crippen molar-refractivity contribution in [2.24, 2.45) is 0 Å². The Labute approximate surface area is 169 Å². The average molecular weight is 412 g/mol. The number of anilines is 1. The van der Waals surface area contributed by atoms with Gasteiger partial charge in [-0.05, 0) is 30.3 Å². The summed E-state index contributed by atoms with van der Waals surface area (Å²) >= 11 is 2.93. The number of esters is 1. The van der Waals surface area contributed by atoms with E-state index in [-0.39, 0.29) is 12.5 Å². The highest BCUT2D eigenvalue weighted by atomic mass is 32.2. The summed E-state index contributed by atoms with van der Waals surface area (Å²) in [6.07, 6.45) is 0. The largest absolute Gasteiger partial charge is 0.497 e. The number of aromatic nitrogens is 1. The van der Waals surface area contributed by atoms with Gasteiger partial charge in [0.15, 0.2) is 0 Å². The number of thiazole rings is 1. The molecule has 8 heteroatoms. The van der Waals surface area contributed by atoms with Crippen molar-refractivity contribution in [3.8, 4) is 16.3 Å². The molecule has 0 spiro atoms. The molecule has 1 amide bonds. The lowest BCUT2D eigenvalue weighted by molar-refractivity contribution is -0.113. The van der Waals surface area contributed by atoms with Crippen LogP contribution in [-0.2, 0) is 16.1 Å². The molecule has 0 atom stereocenters. The van der Waals surface area contributed by atoms with Gasteiger partial charge in [-0.25, -0.2) is 9.78 Å². The third-order valence-electron chi connectivity index (χ3n) is 4.07. The molecule has 0 saturated heterocycles. The van der Waals surface area contributed by atoms with Crippen molar-refractivity contribution in [1.29, 1.82) is 0 Å². The molecule has 0 bridgehead atoms. The van der Waals surface area contributed by atoms with E-state index in [9.17, 15) is 9.59 Å². The van der Waals surface area contributed by atoms with Crippen molar-refractivity contribution in [2.75, 3.05) is 18.2 Å². The predicted molar refractivity (Wildman–Crippen MR) is 109 cm³/mol. The Morgan fingerprint density at radius 1 is 1.25 bits per heavy atom. The number of thioether (sulfide) groups is 1. The van der Waals surface area contributed by atoms with Crippen LogP contribution in [0.2, 0.25) is 0 Å². The van der Waals surface area contributed by atoms with E-state index in [0.29, 0.717) is 22.7 Å². The quantitative estimate of drug-likeness (QED) is 0.632. The Morgan fingerprint density at radius 2 is 2.14 bits per heavy atom. The van der Waals surface area contributed by atoms with Crippen molar-refractivity contribution in [1.82, 2.24) is 4.98 Å². The van der Waals surface area contributed by atoms with Gasteiger partial charge in [0.25, 0.3) is 0 Å². The number of fused-ring (bicyclic) bond motifs is 1. The first-order valence-electron chi connectivity index (χ1n) is 8.45. The Morgan fingerprint density at radius 3 is 3.00 bits per heavy atom. The smallest absolute Gasteiger partial charge is 0.338 e. The third-order valence-corrected chi connectivity index (χ3v) is 6.08. The molecule has 142 valence electrons. The molecule has 2 heterocycles. The zero-order valence-corrected chi connectivity index (χ0v) is 16.6. The van der Waals surface area contributed by atoms with Gasteiger partial charge in [-0.3, -0.25) is 4.79 Å². The Balaban J connectivity index is 1.42. The summed E-state index contributed by atoms with van der Waals surface area (Å²) < 4.78 is 10.6. The maximum absolute atomic E-state index is 12.4. The molecule has 0 fully saturated rings. The number of hydrogen-bond donors (Lipinski definition) is 1. The van der Waals surface area contributed by atoms with Gasteiger partial charge in [-0.15, -0.1) is 23.1 Å². The van der Waals surface area contributed by atoms with Crippen LogP contribution in [0.3, 0.4) is 0 Å². The lowest BCUT2D eigenvalue weighted by Crippen LogP contribution is -2.19. The Kier molecular flexibility index (Phi) is 5.31. The summed E-state index contributed by atoms with van der Waals surface area (Å²) in [5.41, 5.74) is 2.66. The van der Waals surface area contributed by atoms with E-state index >= 15 is 0 Å². The molecule has 1 aliphatic heterocycles. The molecule has 28 heavy (non-hydrogen) atoms. The molecule has 1 N–H and O–H groups in total. The molecule has 1 aromatic heterocycles. The van der Waals surface area contributed by atoms with E-state index in [1.807, 2.05) is 35.7 Å². The SMILES string of the molecule is COc1cccc(-c2nc(COC(=O)c3ccc4c(c3)NC(=O)CS4)cs2)c1. The first-order valence-corrected chi connectivity index (χ1v) is 10.3. The van der Waals surface area contributed by atoms with E-state index in [4.69, 9.17) is 9.47 Å². The van der Waals surface area contributed by atoms with Gasteiger partial charge in [0.05, 0.1) is 29.8 Å². The Bertz CT molecular complexity index is 1050. The number of amides is 1. The third kappa shape index (κ3) is 4.02. The number of nitrogens with zero attached hydrogens (tertiary/aromatic N) is 1. The van der Waals surface area contributed by atoms with Gasteiger partial charge < -0.3 is 14.8 Å². The molecule has 2 aromatic carbocycles. The van der Waals surface area contributed by atoms with Gasteiger partial charge in [0, 0.05) is 15.8 Å². The molecule has 0 unspecified atom stereocenters. The number of rotatable bonds is 5. The van der Waals surface area contributed by atoms with Crippen molar-refractivity contribution in [2.45, 2.75) is 11.5 Å².